The highest BCUT2D eigenvalue weighted by molar-refractivity contribution is 5.85. The van der Waals surface area contributed by atoms with Crippen LogP contribution in [0.1, 0.15) is 26.2 Å². The Kier molecular flexibility index (Phi) is 7.22. The summed E-state index contributed by atoms with van der Waals surface area (Å²) in [6.07, 6.45) is 3.70. The Hall–Kier alpha value is -1.43. The van der Waals surface area contributed by atoms with E-state index in [1.807, 2.05) is 11.8 Å². The monoisotopic (exact) mass is 283 g/mol. The number of rotatable bonds is 7. The third kappa shape index (κ3) is 5.69. The van der Waals surface area contributed by atoms with Gasteiger partial charge in [-0.25, -0.2) is 0 Å². The number of hydrogen-bond acceptors (Lipinski definition) is 4. The molecule has 1 N–H and O–H groups in total. The summed E-state index contributed by atoms with van der Waals surface area (Å²) in [7, 11) is 1.63. The fourth-order valence-corrected chi connectivity index (χ4v) is 2.28. The Morgan fingerprint density at radius 3 is 2.85 bits per heavy atom. The number of hydrogen-bond donors (Lipinski definition) is 1. The van der Waals surface area contributed by atoms with Gasteiger partial charge in [-0.05, 0) is 25.8 Å². The molecular formula is C14H25N3O3. The summed E-state index contributed by atoms with van der Waals surface area (Å²) in [6, 6.07) is 0. The number of likely N-dealkylation sites (N-methyl/N-ethyl adjacent to an activating group) is 1. The molecule has 20 heavy (non-hydrogen) atoms. The molecule has 0 aromatic carbocycles. The molecule has 0 bridgehead atoms. The number of aldehydes is 1. The zero-order valence-electron chi connectivity index (χ0n) is 12.4. The van der Waals surface area contributed by atoms with Crippen molar-refractivity contribution in [2.45, 2.75) is 26.2 Å². The molecular weight excluding hydrogens is 258 g/mol. The van der Waals surface area contributed by atoms with Gasteiger partial charge < -0.3 is 15.0 Å². The lowest BCUT2D eigenvalue weighted by Gasteiger charge is -2.30. The molecule has 1 fully saturated rings. The van der Waals surface area contributed by atoms with E-state index in [1.54, 1.807) is 7.05 Å². The van der Waals surface area contributed by atoms with E-state index in [1.165, 1.54) is 4.90 Å². The van der Waals surface area contributed by atoms with Gasteiger partial charge in [0.1, 0.15) is 6.29 Å². The van der Waals surface area contributed by atoms with Crippen molar-refractivity contribution >= 4 is 18.1 Å². The number of piperidine rings is 1. The largest absolute Gasteiger partial charge is 0.355 e. The minimum atomic E-state index is -0.132. The third-order valence-electron chi connectivity index (χ3n) is 3.47. The van der Waals surface area contributed by atoms with Crippen LogP contribution in [0.5, 0.6) is 0 Å². The second-order valence-electron chi connectivity index (χ2n) is 5.37. The number of carbonyl (C=O) groups excluding carboxylic acids is 3. The maximum absolute atomic E-state index is 12.0. The van der Waals surface area contributed by atoms with Gasteiger partial charge in [-0.2, -0.15) is 0 Å². The Morgan fingerprint density at radius 2 is 2.20 bits per heavy atom. The summed E-state index contributed by atoms with van der Waals surface area (Å²) in [5.41, 5.74) is 0. The third-order valence-corrected chi connectivity index (χ3v) is 3.47. The van der Waals surface area contributed by atoms with Gasteiger partial charge in [-0.1, -0.05) is 6.92 Å². The van der Waals surface area contributed by atoms with Crippen molar-refractivity contribution in [2.75, 3.05) is 39.8 Å². The summed E-state index contributed by atoms with van der Waals surface area (Å²) >= 11 is 0. The molecule has 1 rings (SSSR count). The Bertz CT molecular complexity index is 347. The van der Waals surface area contributed by atoms with Gasteiger partial charge in [0.2, 0.25) is 11.8 Å². The quantitative estimate of drug-likeness (QED) is 0.662. The SMILES string of the molecule is CCCNC(=O)CN(C)C(=O)CN1CCCC(C=O)C1. The molecule has 0 spiro atoms. The lowest BCUT2D eigenvalue weighted by Crippen LogP contribution is -2.46. The Labute approximate surface area is 120 Å². The van der Waals surface area contributed by atoms with Crippen molar-refractivity contribution in [3.63, 3.8) is 0 Å². The van der Waals surface area contributed by atoms with E-state index in [4.69, 9.17) is 0 Å². The van der Waals surface area contributed by atoms with Crippen LogP contribution in [0.25, 0.3) is 0 Å². The Balaban J connectivity index is 2.33. The first-order valence-electron chi connectivity index (χ1n) is 7.25. The maximum Gasteiger partial charge on any atom is 0.239 e. The van der Waals surface area contributed by atoms with Crippen LogP contribution in [-0.2, 0) is 14.4 Å². The van der Waals surface area contributed by atoms with Crippen molar-refractivity contribution in [1.82, 2.24) is 15.1 Å². The molecule has 1 atom stereocenters. The van der Waals surface area contributed by atoms with E-state index in [0.717, 1.165) is 32.1 Å². The van der Waals surface area contributed by atoms with Crippen LogP contribution in [0.3, 0.4) is 0 Å². The van der Waals surface area contributed by atoms with Gasteiger partial charge in [0.05, 0.1) is 13.1 Å². The van der Waals surface area contributed by atoms with E-state index < -0.39 is 0 Å². The lowest BCUT2D eigenvalue weighted by atomic mass is 10.00. The molecule has 1 aliphatic heterocycles. The summed E-state index contributed by atoms with van der Waals surface area (Å²) in [6.45, 7) is 4.46. The molecule has 0 radical (unpaired) electrons. The second-order valence-corrected chi connectivity index (χ2v) is 5.37. The van der Waals surface area contributed by atoms with E-state index >= 15 is 0 Å². The lowest BCUT2D eigenvalue weighted by molar-refractivity contribution is -0.136. The van der Waals surface area contributed by atoms with Crippen LogP contribution >= 0.6 is 0 Å². The van der Waals surface area contributed by atoms with Crippen LogP contribution in [0.15, 0.2) is 0 Å². The number of nitrogens with zero attached hydrogens (tertiary/aromatic N) is 2. The molecule has 0 aliphatic carbocycles. The van der Waals surface area contributed by atoms with Crippen LogP contribution in [0.2, 0.25) is 0 Å². The molecule has 1 saturated heterocycles. The molecule has 6 nitrogen and oxygen atoms in total. The van der Waals surface area contributed by atoms with Crippen LogP contribution < -0.4 is 5.32 Å². The van der Waals surface area contributed by atoms with Crippen molar-refractivity contribution in [3.05, 3.63) is 0 Å². The highest BCUT2D eigenvalue weighted by Gasteiger charge is 2.22. The molecule has 1 heterocycles. The molecule has 114 valence electrons. The van der Waals surface area contributed by atoms with Gasteiger partial charge in [0.25, 0.3) is 0 Å². The average Bonchev–Trinajstić information content (AvgIpc) is 2.45. The Morgan fingerprint density at radius 1 is 1.45 bits per heavy atom. The number of amides is 2. The predicted octanol–water partition coefficient (Wildman–Crippen LogP) is -0.118. The first kappa shape index (κ1) is 16.6. The van der Waals surface area contributed by atoms with Gasteiger partial charge in [0.15, 0.2) is 0 Å². The van der Waals surface area contributed by atoms with Crippen LogP contribution in [0.4, 0.5) is 0 Å². The van der Waals surface area contributed by atoms with E-state index in [9.17, 15) is 14.4 Å². The first-order chi connectivity index (χ1) is 9.56. The smallest absolute Gasteiger partial charge is 0.239 e. The van der Waals surface area contributed by atoms with E-state index in [0.29, 0.717) is 13.1 Å². The van der Waals surface area contributed by atoms with Crippen molar-refractivity contribution in [3.8, 4) is 0 Å². The van der Waals surface area contributed by atoms with Gasteiger partial charge in [-0.3, -0.25) is 14.5 Å². The summed E-state index contributed by atoms with van der Waals surface area (Å²) < 4.78 is 0. The van der Waals surface area contributed by atoms with Gasteiger partial charge in [0, 0.05) is 26.1 Å². The first-order valence-corrected chi connectivity index (χ1v) is 7.25. The summed E-state index contributed by atoms with van der Waals surface area (Å²) in [5, 5.41) is 2.75. The molecule has 2 amide bonds. The van der Waals surface area contributed by atoms with Crippen molar-refractivity contribution < 1.29 is 14.4 Å². The van der Waals surface area contributed by atoms with Gasteiger partial charge >= 0.3 is 0 Å². The van der Waals surface area contributed by atoms with E-state index in [-0.39, 0.29) is 30.8 Å². The zero-order valence-corrected chi connectivity index (χ0v) is 12.4. The molecule has 6 heteroatoms. The molecule has 0 saturated carbocycles. The highest BCUT2D eigenvalue weighted by Crippen LogP contribution is 2.14. The fourth-order valence-electron chi connectivity index (χ4n) is 2.28. The topological polar surface area (TPSA) is 69.7 Å². The van der Waals surface area contributed by atoms with E-state index in [2.05, 4.69) is 5.32 Å². The minimum absolute atomic E-state index is 0.0368. The zero-order chi connectivity index (χ0) is 15.0. The highest BCUT2D eigenvalue weighted by atomic mass is 16.2. The maximum atomic E-state index is 12.0. The number of likely N-dealkylation sites (tertiary alicyclic amines) is 1. The summed E-state index contributed by atoms with van der Waals surface area (Å²) in [4.78, 5) is 37.8. The molecule has 1 aliphatic rings. The van der Waals surface area contributed by atoms with Crippen LogP contribution in [-0.4, -0.2) is 67.7 Å². The molecule has 1 unspecified atom stereocenters. The predicted molar refractivity (Wildman–Crippen MR) is 76.2 cm³/mol. The van der Waals surface area contributed by atoms with Crippen molar-refractivity contribution in [2.24, 2.45) is 5.92 Å². The van der Waals surface area contributed by atoms with Crippen molar-refractivity contribution in [1.29, 1.82) is 0 Å². The van der Waals surface area contributed by atoms with Crippen LogP contribution in [0, 0.1) is 5.92 Å². The summed E-state index contributed by atoms with van der Waals surface area (Å²) in [5.74, 6) is -0.176. The number of carbonyl (C=O) groups is 3. The minimum Gasteiger partial charge on any atom is -0.355 e. The van der Waals surface area contributed by atoms with Gasteiger partial charge in [-0.15, -0.1) is 0 Å². The molecule has 0 aromatic rings. The fraction of sp³-hybridized carbons (Fsp3) is 0.786. The standard InChI is InChI=1S/C14H25N3O3/c1-3-6-15-13(19)9-16(2)14(20)10-17-7-4-5-12(8-17)11-18/h11-12H,3-10H2,1-2H3,(H,15,19). The normalized spacial score (nSPS) is 19.4. The number of nitrogens with one attached hydrogen (secondary N) is 1. The average molecular weight is 283 g/mol. The molecule has 0 aromatic heterocycles. The second kappa shape index (κ2) is 8.68.